The molecule has 0 spiro atoms. The van der Waals surface area contributed by atoms with Crippen LogP contribution in [-0.2, 0) is 6.54 Å². The van der Waals surface area contributed by atoms with Crippen molar-refractivity contribution in [3.8, 4) is 0 Å². The fourth-order valence-corrected chi connectivity index (χ4v) is 2.41. The fraction of sp³-hybridized carbons (Fsp3) is 0.250. The summed E-state index contributed by atoms with van der Waals surface area (Å²) >= 11 is 0. The van der Waals surface area contributed by atoms with E-state index >= 15 is 0 Å². The van der Waals surface area contributed by atoms with Gasteiger partial charge in [0.1, 0.15) is 0 Å². The number of aromatic nitrogens is 3. The summed E-state index contributed by atoms with van der Waals surface area (Å²) in [5.41, 5.74) is 8.63. The molecule has 0 unspecified atom stereocenters. The molecule has 0 atom stereocenters. The number of nitrogens with one attached hydrogen (secondary N) is 1. The molecule has 2 aromatic heterocycles. The number of nitrogens with two attached hydrogens (primary N) is 1. The van der Waals surface area contributed by atoms with Gasteiger partial charge in [0.15, 0.2) is 0 Å². The molecule has 1 aromatic carbocycles. The lowest BCUT2D eigenvalue weighted by Gasteiger charge is -2.10. The van der Waals surface area contributed by atoms with Crippen molar-refractivity contribution >= 4 is 22.3 Å². The lowest BCUT2D eigenvalue weighted by Crippen LogP contribution is -2.04. The van der Waals surface area contributed by atoms with E-state index in [0.717, 1.165) is 48.2 Å². The van der Waals surface area contributed by atoms with E-state index in [-0.39, 0.29) is 0 Å². The van der Waals surface area contributed by atoms with E-state index in [4.69, 9.17) is 5.73 Å². The highest BCUT2D eigenvalue weighted by atomic mass is 15.0. The second-order valence-corrected chi connectivity index (χ2v) is 5.04. The van der Waals surface area contributed by atoms with Gasteiger partial charge in [0.05, 0.1) is 17.5 Å². The second-order valence-electron chi connectivity index (χ2n) is 5.04. The number of aryl methyl sites for hydroxylation is 1. The fourth-order valence-electron chi connectivity index (χ4n) is 2.41. The average Bonchev–Trinajstić information content (AvgIpc) is 3.03. The predicted octanol–water partition coefficient (Wildman–Crippen LogP) is 2.91. The predicted molar refractivity (Wildman–Crippen MR) is 86.1 cm³/mol. The molecule has 0 amide bonds. The third-order valence-electron chi connectivity index (χ3n) is 3.52. The van der Waals surface area contributed by atoms with Gasteiger partial charge in [-0.3, -0.25) is 4.98 Å². The average molecular weight is 281 g/mol. The summed E-state index contributed by atoms with van der Waals surface area (Å²) in [5, 5.41) is 4.55. The molecule has 2 heterocycles. The van der Waals surface area contributed by atoms with Crippen LogP contribution in [0.1, 0.15) is 12.8 Å². The standard InChI is InChI=1S/C16H19N5/c17-14-5-6-15(13-4-3-8-20-16(13)14)19-7-1-2-10-21-11-9-18-12-21/h3-6,8-9,11-12,19H,1-2,7,10,17H2. The molecule has 5 heteroatoms. The van der Waals surface area contributed by atoms with Crippen LogP contribution in [0.25, 0.3) is 10.9 Å². The smallest absolute Gasteiger partial charge is 0.0951 e. The van der Waals surface area contributed by atoms with Gasteiger partial charge in [-0.2, -0.15) is 0 Å². The van der Waals surface area contributed by atoms with Crippen molar-refractivity contribution in [2.75, 3.05) is 17.6 Å². The molecule has 0 fully saturated rings. The zero-order valence-corrected chi connectivity index (χ0v) is 11.9. The number of nitrogens with zero attached hydrogens (tertiary/aromatic N) is 3. The lowest BCUT2D eigenvalue weighted by atomic mass is 10.1. The van der Waals surface area contributed by atoms with Gasteiger partial charge >= 0.3 is 0 Å². The van der Waals surface area contributed by atoms with Crippen molar-refractivity contribution in [2.45, 2.75) is 19.4 Å². The molecule has 0 aliphatic rings. The minimum Gasteiger partial charge on any atom is -0.397 e. The number of hydrogen-bond donors (Lipinski definition) is 2. The minimum atomic E-state index is 0.719. The Morgan fingerprint density at radius 1 is 1.14 bits per heavy atom. The van der Waals surface area contributed by atoms with Crippen LogP contribution in [0.3, 0.4) is 0 Å². The Labute approximate surface area is 123 Å². The van der Waals surface area contributed by atoms with E-state index in [1.807, 2.05) is 43.0 Å². The largest absolute Gasteiger partial charge is 0.397 e. The quantitative estimate of drug-likeness (QED) is 0.538. The first-order valence-electron chi connectivity index (χ1n) is 7.17. The Hall–Kier alpha value is -2.56. The SMILES string of the molecule is Nc1ccc(NCCCCn2ccnc2)c2cccnc12. The topological polar surface area (TPSA) is 68.8 Å². The van der Waals surface area contributed by atoms with Crippen molar-refractivity contribution in [1.29, 1.82) is 0 Å². The number of pyridine rings is 1. The third-order valence-corrected chi connectivity index (χ3v) is 3.52. The zero-order chi connectivity index (χ0) is 14.5. The molecule has 3 aromatic rings. The molecule has 0 saturated carbocycles. The van der Waals surface area contributed by atoms with Gasteiger partial charge in [-0.15, -0.1) is 0 Å². The van der Waals surface area contributed by atoms with Crippen molar-refractivity contribution < 1.29 is 0 Å². The third kappa shape index (κ3) is 3.13. The van der Waals surface area contributed by atoms with E-state index in [0.29, 0.717) is 0 Å². The molecule has 21 heavy (non-hydrogen) atoms. The van der Waals surface area contributed by atoms with Gasteiger partial charge in [0.25, 0.3) is 0 Å². The number of unbranched alkanes of at least 4 members (excludes halogenated alkanes) is 1. The Morgan fingerprint density at radius 2 is 2.10 bits per heavy atom. The Morgan fingerprint density at radius 3 is 2.95 bits per heavy atom. The van der Waals surface area contributed by atoms with Gasteiger partial charge in [-0.1, -0.05) is 0 Å². The Kier molecular flexibility index (Phi) is 4.00. The number of benzene rings is 1. The van der Waals surface area contributed by atoms with Crippen LogP contribution in [0, 0.1) is 0 Å². The molecule has 3 N–H and O–H groups in total. The highest BCUT2D eigenvalue weighted by Gasteiger charge is 2.04. The van der Waals surface area contributed by atoms with E-state index < -0.39 is 0 Å². The number of hydrogen-bond acceptors (Lipinski definition) is 4. The van der Waals surface area contributed by atoms with E-state index in [2.05, 4.69) is 19.9 Å². The van der Waals surface area contributed by atoms with Gasteiger partial charge in [0.2, 0.25) is 0 Å². The maximum absolute atomic E-state index is 5.96. The van der Waals surface area contributed by atoms with Gasteiger partial charge < -0.3 is 15.6 Å². The summed E-state index contributed by atoms with van der Waals surface area (Å²) in [7, 11) is 0. The number of rotatable bonds is 6. The minimum absolute atomic E-state index is 0.719. The molecule has 0 radical (unpaired) electrons. The van der Waals surface area contributed by atoms with E-state index in [9.17, 15) is 0 Å². The first kappa shape index (κ1) is 13.4. The van der Waals surface area contributed by atoms with Crippen LogP contribution in [0.4, 0.5) is 11.4 Å². The summed E-state index contributed by atoms with van der Waals surface area (Å²) in [6.07, 6.45) is 9.65. The van der Waals surface area contributed by atoms with Crippen LogP contribution in [0.2, 0.25) is 0 Å². The number of imidazole rings is 1. The van der Waals surface area contributed by atoms with Crippen molar-refractivity contribution in [1.82, 2.24) is 14.5 Å². The second kappa shape index (κ2) is 6.26. The molecule has 0 aliphatic carbocycles. The first-order chi connectivity index (χ1) is 10.3. The molecule has 0 bridgehead atoms. The van der Waals surface area contributed by atoms with Crippen LogP contribution in [0.5, 0.6) is 0 Å². The maximum Gasteiger partial charge on any atom is 0.0951 e. The summed E-state index contributed by atoms with van der Waals surface area (Å²) in [6.45, 7) is 1.94. The monoisotopic (exact) mass is 281 g/mol. The van der Waals surface area contributed by atoms with E-state index in [1.54, 1.807) is 6.20 Å². The summed E-state index contributed by atoms with van der Waals surface area (Å²) in [4.78, 5) is 8.38. The van der Waals surface area contributed by atoms with Crippen molar-refractivity contribution in [3.63, 3.8) is 0 Å². The summed E-state index contributed by atoms with van der Waals surface area (Å²) in [6, 6.07) is 7.91. The normalized spacial score (nSPS) is 10.9. The highest BCUT2D eigenvalue weighted by molar-refractivity contribution is 5.98. The molecule has 3 rings (SSSR count). The van der Waals surface area contributed by atoms with E-state index in [1.165, 1.54) is 0 Å². The zero-order valence-electron chi connectivity index (χ0n) is 11.9. The molecule has 5 nitrogen and oxygen atoms in total. The molecule has 0 saturated heterocycles. The maximum atomic E-state index is 5.96. The summed E-state index contributed by atoms with van der Waals surface area (Å²) in [5.74, 6) is 0. The van der Waals surface area contributed by atoms with Gasteiger partial charge in [-0.05, 0) is 37.1 Å². The van der Waals surface area contributed by atoms with Crippen LogP contribution in [0.15, 0.2) is 49.2 Å². The van der Waals surface area contributed by atoms with Crippen molar-refractivity contribution in [3.05, 3.63) is 49.2 Å². The van der Waals surface area contributed by atoms with Crippen LogP contribution < -0.4 is 11.1 Å². The van der Waals surface area contributed by atoms with Gasteiger partial charge in [-0.25, -0.2) is 4.98 Å². The number of nitrogen functional groups attached to an aromatic ring is 1. The van der Waals surface area contributed by atoms with Gasteiger partial charge in [0, 0.05) is 42.8 Å². The molecular formula is C16H19N5. The first-order valence-corrected chi connectivity index (χ1v) is 7.17. The Bertz CT molecular complexity index is 706. The number of fused-ring (bicyclic) bond motifs is 1. The molecular weight excluding hydrogens is 262 g/mol. The number of anilines is 2. The Balaban J connectivity index is 1.57. The summed E-state index contributed by atoms with van der Waals surface area (Å²) < 4.78 is 2.10. The molecule has 108 valence electrons. The highest BCUT2D eigenvalue weighted by Crippen LogP contribution is 2.26. The van der Waals surface area contributed by atoms with Crippen LogP contribution in [-0.4, -0.2) is 21.1 Å². The molecule has 0 aliphatic heterocycles. The van der Waals surface area contributed by atoms with Crippen LogP contribution >= 0.6 is 0 Å². The lowest BCUT2D eigenvalue weighted by molar-refractivity contribution is 0.621. The van der Waals surface area contributed by atoms with Crippen molar-refractivity contribution in [2.24, 2.45) is 0 Å².